The van der Waals surface area contributed by atoms with Gasteiger partial charge in [-0.25, -0.2) is 0 Å². The third kappa shape index (κ3) is 2.63. The van der Waals surface area contributed by atoms with E-state index in [0.717, 1.165) is 10.0 Å². The zero-order chi connectivity index (χ0) is 14.8. The third-order valence-electron chi connectivity index (χ3n) is 3.41. The normalized spacial score (nSPS) is 21.3. The summed E-state index contributed by atoms with van der Waals surface area (Å²) < 4.78 is 6.34. The van der Waals surface area contributed by atoms with Gasteiger partial charge in [0.15, 0.2) is 0 Å². The minimum absolute atomic E-state index is 0.306. The zero-order valence-corrected chi connectivity index (χ0v) is 12.5. The SMILES string of the molecule is N#CC1C(=O)NC(c2ccc(Br)cc2)=CC1c1ccco1. The van der Waals surface area contributed by atoms with E-state index in [9.17, 15) is 10.1 Å². The van der Waals surface area contributed by atoms with Crippen molar-refractivity contribution in [2.24, 2.45) is 5.92 Å². The number of rotatable bonds is 2. The summed E-state index contributed by atoms with van der Waals surface area (Å²) in [6, 6.07) is 13.2. The molecule has 1 aromatic heterocycles. The van der Waals surface area contributed by atoms with E-state index in [1.54, 1.807) is 18.4 Å². The van der Waals surface area contributed by atoms with Gasteiger partial charge in [0.2, 0.25) is 5.91 Å². The maximum absolute atomic E-state index is 12.2. The average Bonchev–Trinajstić information content (AvgIpc) is 3.01. The van der Waals surface area contributed by atoms with E-state index in [4.69, 9.17) is 4.42 Å². The van der Waals surface area contributed by atoms with Crippen LogP contribution in [0.15, 0.2) is 57.6 Å². The molecule has 0 aliphatic carbocycles. The third-order valence-corrected chi connectivity index (χ3v) is 3.94. The first-order valence-corrected chi connectivity index (χ1v) is 7.20. The molecule has 0 saturated heterocycles. The van der Waals surface area contributed by atoms with Gasteiger partial charge in [0.1, 0.15) is 11.7 Å². The molecule has 0 bridgehead atoms. The van der Waals surface area contributed by atoms with Crippen LogP contribution in [0.3, 0.4) is 0 Å². The number of benzene rings is 1. The summed E-state index contributed by atoms with van der Waals surface area (Å²) in [7, 11) is 0. The Morgan fingerprint density at radius 2 is 2.00 bits per heavy atom. The average molecular weight is 343 g/mol. The first kappa shape index (κ1) is 13.7. The van der Waals surface area contributed by atoms with Gasteiger partial charge in [-0.1, -0.05) is 28.1 Å². The second-order valence-corrected chi connectivity index (χ2v) is 5.64. The monoisotopic (exact) mass is 342 g/mol. The van der Waals surface area contributed by atoms with Crippen LogP contribution in [0.2, 0.25) is 0 Å². The van der Waals surface area contributed by atoms with Crippen LogP contribution in [0.5, 0.6) is 0 Å². The van der Waals surface area contributed by atoms with Gasteiger partial charge in [-0.15, -0.1) is 0 Å². The number of carbonyl (C=O) groups excluding carboxylic acids is 1. The molecule has 5 heteroatoms. The number of nitriles is 1. The molecule has 1 aliphatic heterocycles. The molecule has 2 atom stereocenters. The summed E-state index contributed by atoms with van der Waals surface area (Å²) in [6.45, 7) is 0. The van der Waals surface area contributed by atoms with E-state index in [1.165, 1.54) is 0 Å². The summed E-state index contributed by atoms with van der Waals surface area (Å²) in [5, 5.41) is 12.0. The highest BCUT2D eigenvalue weighted by Gasteiger charge is 2.34. The van der Waals surface area contributed by atoms with Crippen molar-refractivity contribution < 1.29 is 9.21 Å². The highest BCUT2D eigenvalue weighted by molar-refractivity contribution is 9.10. The molecule has 0 fully saturated rings. The van der Waals surface area contributed by atoms with Gasteiger partial charge in [0, 0.05) is 10.2 Å². The van der Waals surface area contributed by atoms with Crippen LogP contribution in [0, 0.1) is 17.2 Å². The second-order valence-electron chi connectivity index (χ2n) is 4.72. The highest BCUT2D eigenvalue weighted by Crippen LogP contribution is 2.33. The van der Waals surface area contributed by atoms with Gasteiger partial charge in [-0.3, -0.25) is 4.79 Å². The van der Waals surface area contributed by atoms with Gasteiger partial charge >= 0.3 is 0 Å². The molecule has 2 unspecified atom stereocenters. The van der Waals surface area contributed by atoms with Crippen LogP contribution in [0.25, 0.3) is 5.70 Å². The molecular weight excluding hydrogens is 332 g/mol. The smallest absolute Gasteiger partial charge is 0.242 e. The lowest BCUT2D eigenvalue weighted by molar-refractivity contribution is -0.122. The number of nitrogens with zero attached hydrogens (tertiary/aromatic N) is 1. The maximum atomic E-state index is 12.2. The summed E-state index contributed by atoms with van der Waals surface area (Å²) in [5.41, 5.74) is 1.58. The van der Waals surface area contributed by atoms with Crippen LogP contribution < -0.4 is 5.32 Å². The quantitative estimate of drug-likeness (QED) is 0.908. The highest BCUT2D eigenvalue weighted by atomic mass is 79.9. The van der Waals surface area contributed by atoms with Gasteiger partial charge in [-0.05, 0) is 35.9 Å². The van der Waals surface area contributed by atoms with Crippen LogP contribution >= 0.6 is 15.9 Å². The van der Waals surface area contributed by atoms with E-state index < -0.39 is 5.92 Å². The molecule has 3 rings (SSSR count). The Morgan fingerprint density at radius 3 is 2.62 bits per heavy atom. The van der Waals surface area contributed by atoms with Crippen molar-refractivity contribution in [3.8, 4) is 6.07 Å². The molecule has 4 nitrogen and oxygen atoms in total. The molecule has 1 N–H and O–H groups in total. The van der Waals surface area contributed by atoms with E-state index in [1.807, 2.05) is 36.4 Å². The minimum atomic E-state index is -0.782. The number of amides is 1. The fourth-order valence-electron chi connectivity index (χ4n) is 2.36. The molecule has 1 aromatic carbocycles. The largest absolute Gasteiger partial charge is 0.469 e. The van der Waals surface area contributed by atoms with Crippen molar-refractivity contribution in [3.63, 3.8) is 0 Å². The summed E-state index contributed by atoms with van der Waals surface area (Å²) in [5.74, 6) is -0.849. The van der Waals surface area contributed by atoms with Crippen LogP contribution in [-0.4, -0.2) is 5.91 Å². The van der Waals surface area contributed by atoms with Crippen molar-refractivity contribution in [2.75, 3.05) is 0 Å². The van der Waals surface area contributed by atoms with E-state index in [2.05, 4.69) is 21.2 Å². The van der Waals surface area contributed by atoms with Gasteiger partial charge in [0.25, 0.3) is 0 Å². The number of halogens is 1. The van der Waals surface area contributed by atoms with Gasteiger partial charge in [-0.2, -0.15) is 5.26 Å². The molecule has 2 heterocycles. The fraction of sp³-hybridized carbons (Fsp3) is 0.125. The maximum Gasteiger partial charge on any atom is 0.242 e. The first-order chi connectivity index (χ1) is 10.2. The standard InChI is InChI=1S/C16H11BrN2O2/c17-11-5-3-10(4-6-11)14-8-12(15-2-1-7-21-15)13(9-18)16(20)19-14/h1-8,12-13H,(H,19,20). The molecule has 0 radical (unpaired) electrons. The summed E-state index contributed by atoms with van der Waals surface area (Å²) in [6.07, 6.45) is 3.42. The predicted octanol–water partition coefficient (Wildman–Crippen LogP) is 3.44. The Labute approximate surface area is 130 Å². The van der Waals surface area contributed by atoms with Crippen molar-refractivity contribution in [3.05, 3.63) is 64.5 Å². The number of allylic oxidation sites excluding steroid dienone is 1. The summed E-state index contributed by atoms with van der Waals surface area (Å²) in [4.78, 5) is 12.2. The molecule has 21 heavy (non-hydrogen) atoms. The summed E-state index contributed by atoms with van der Waals surface area (Å²) >= 11 is 3.38. The molecule has 104 valence electrons. The molecule has 1 aliphatic rings. The second kappa shape index (κ2) is 5.58. The van der Waals surface area contributed by atoms with E-state index in [-0.39, 0.29) is 11.8 Å². The molecule has 0 spiro atoms. The van der Waals surface area contributed by atoms with Crippen LogP contribution in [0.4, 0.5) is 0 Å². The Hall–Kier alpha value is -2.32. The Bertz CT molecular complexity index is 727. The fourth-order valence-corrected chi connectivity index (χ4v) is 2.62. The van der Waals surface area contributed by atoms with E-state index >= 15 is 0 Å². The van der Waals surface area contributed by atoms with Crippen molar-refractivity contribution in [2.45, 2.75) is 5.92 Å². The predicted molar refractivity (Wildman–Crippen MR) is 80.8 cm³/mol. The van der Waals surface area contributed by atoms with E-state index in [0.29, 0.717) is 11.5 Å². The van der Waals surface area contributed by atoms with Gasteiger partial charge in [0.05, 0.1) is 18.3 Å². The molecule has 0 saturated carbocycles. The van der Waals surface area contributed by atoms with Crippen LogP contribution in [-0.2, 0) is 4.79 Å². The van der Waals surface area contributed by atoms with Gasteiger partial charge < -0.3 is 9.73 Å². The Balaban J connectivity index is 2.04. The molecule has 2 aromatic rings. The van der Waals surface area contributed by atoms with Crippen molar-refractivity contribution >= 4 is 27.5 Å². The lowest BCUT2D eigenvalue weighted by Gasteiger charge is -2.24. The lowest BCUT2D eigenvalue weighted by atomic mass is 9.86. The number of furan rings is 1. The minimum Gasteiger partial charge on any atom is -0.469 e. The van der Waals surface area contributed by atoms with Crippen molar-refractivity contribution in [1.82, 2.24) is 5.32 Å². The topological polar surface area (TPSA) is 66.0 Å². The number of carbonyl (C=O) groups is 1. The van der Waals surface area contributed by atoms with Crippen LogP contribution in [0.1, 0.15) is 17.2 Å². The zero-order valence-electron chi connectivity index (χ0n) is 10.9. The first-order valence-electron chi connectivity index (χ1n) is 6.40. The Kier molecular flexibility index (Phi) is 3.63. The molecule has 1 amide bonds. The van der Waals surface area contributed by atoms with Crippen molar-refractivity contribution in [1.29, 1.82) is 5.26 Å². The number of hydrogen-bond acceptors (Lipinski definition) is 3. The number of nitrogens with one attached hydrogen (secondary N) is 1. The Morgan fingerprint density at radius 1 is 1.24 bits per heavy atom. The lowest BCUT2D eigenvalue weighted by Crippen LogP contribution is -2.36. The number of hydrogen-bond donors (Lipinski definition) is 1. The molecular formula is C16H11BrN2O2.